The molecule has 2 aliphatic heterocycles. The number of benzene rings is 1. The number of amides is 2. The molecule has 3 rings (SSSR count). The van der Waals surface area contributed by atoms with Crippen molar-refractivity contribution in [2.24, 2.45) is 0 Å². The van der Waals surface area contributed by atoms with Crippen molar-refractivity contribution in [3.05, 3.63) is 24.3 Å². The second kappa shape index (κ2) is 12.0. The molecule has 2 saturated heterocycles. The summed E-state index contributed by atoms with van der Waals surface area (Å²) in [5.41, 5.74) is 0.272. The molecule has 9 nitrogen and oxygen atoms in total. The number of aliphatic hydroxyl groups is 2. The summed E-state index contributed by atoms with van der Waals surface area (Å²) in [7, 11) is 1.61. The van der Waals surface area contributed by atoms with Crippen LogP contribution < -0.4 is 15.4 Å². The summed E-state index contributed by atoms with van der Waals surface area (Å²) in [6.45, 7) is 0.957. The van der Waals surface area contributed by atoms with E-state index in [1.54, 1.807) is 7.11 Å². The zero-order valence-corrected chi connectivity index (χ0v) is 18.8. The molecular formula is C20H29ClF3N3O6. The van der Waals surface area contributed by atoms with Crippen LogP contribution in [0.4, 0.5) is 23.7 Å². The molecule has 33 heavy (non-hydrogen) atoms. The number of methoxy groups -OCH3 is 1. The maximum atomic E-state index is 12.3. The molecule has 1 aromatic carbocycles. The number of halogens is 4. The first kappa shape index (κ1) is 27.4. The van der Waals surface area contributed by atoms with Gasteiger partial charge in [0.2, 0.25) is 0 Å². The van der Waals surface area contributed by atoms with Crippen LogP contribution in [0.15, 0.2) is 24.3 Å². The number of rotatable bonds is 8. The fourth-order valence-electron chi connectivity index (χ4n) is 4.29. The highest BCUT2D eigenvalue weighted by Crippen LogP contribution is 2.31. The van der Waals surface area contributed by atoms with E-state index in [-0.39, 0.29) is 37.3 Å². The number of ether oxygens (including phenoxy) is 3. The lowest BCUT2D eigenvalue weighted by molar-refractivity contribution is -0.274. The lowest BCUT2D eigenvalue weighted by atomic mass is 10.0. The van der Waals surface area contributed by atoms with Crippen LogP contribution in [0.5, 0.6) is 5.75 Å². The van der Waals surface area contributed by atoms with Gasteiger partial charge in [-0.2, -0.15) is 0 Å². The van der Waals surface area contributed by atoms with Gasteiger partial charge in [0.1, 0.15) is 18.0 Å². The molecule has 5 atom stereocenters. The highest BCUT2D eigenvalue weighted by molar-refractivity contribution is 5.89. The van der Waals surface area contributed by atoms with Crippen LogP contribution in [0.3, 0.4) is 0 Å². The number of nitrogens with zero attached hydrogens (tertiary/aromatic N) is 1. The Morgan fingerprint density at radius 3 is 2.58 bits per heavy atom. The third-order valence-corrected chi connectivity index (χ3v) is 5.62. The monoisotopic (exact) mass is 499 g/mol. The van der Waals surface area contributed by atoms with Crippen molar-refractivity contribution < 1.29 is 42.4 Å². The average molecular weight is 500 g/mol. The minimum atomic E-state index is -4.79. The van der Waals surface area contributed by atoms with Gasteiger partial charge in [0.25, 0.3) is 0 Å². The van der Waals surface area contributed by atoms with Crippen LogP contribution in [0, 0.1) is 0 Å². The SMILES string of the molecule is COC[C@H]1CCCN1[C@@H]1[C@H](O)[C@H](CO)O[C@@H]1CNC(=O)Nc1ccc(OC(F)(F)F)cc1.Cl. The molecule has 0 saturated carbocycles. The summed E-state index contributed by atoms with van der Waals surface area (Å²) < 4.78 is 51.6. The largest absolute Gasteiger partial charge is 0.573 e. The minimum Gasteiger partial charge on any atom is -0.406 e. The number of hydrogen-bond donors (Lipinski definition) is 4. The molecule has 188 valence electrons. The Labute approximate surface area is 195 Å². The van der Waals surface area contributed by atoms with E-state index < -0.39 is 42.5 Å². The predicted octanol–water partition coefficient (Wildman–Crippen LogP) is 1.73. The van der Waals surface area contributed by atoms with Gasteiger partial charge < -0.3 is 35.1 Å². The van der Waals surface area contributed by atoms with Crippen LogP contribution in [-0.2, 0) is 9.47 Å². The molecule has 0 bridgehead atoms. The first-order chi connectivity index (χ1) is 15.2. The van der Waals surface area contributed by atoms with Crippen LogP contribution in [0.2, 0.25) is 0 Å². The standard InChI is InChI=1S/C20H28F3N3O6.ClH/c1-30-11-13-3-2-8-26(13)17-15(31-16(10-27)18(17)28)9-24-19(29)25-12-4-6-14(7-5-12)32-20(21,22)23;/h4-7,13,15-18,27-28H,2-3,8-11H2,1H3,(H2,24,25,29);1H/t13-,15-,16+,17+,18-;/m1./s1. The van der Waals surface area contributed by atoms with Gasteiger partial charge in [-0.05, 0) is 43.7 Å². The molecule has 0 radical (unpaired) electrons. The summed E-state index contributed by atoms with van der Waals surface area (Å²) in [6.07, 6.45) is -5.19. The number of carbonyl (C=O) groups is 1. The second-order valence-electron chi connectivity index (χ2n) is 7.77. The Kier molecular flexibility index (Phi) is 10.0. The molecule has 4 N–H and O–H groups in total. The molecule has 0 aliphatic carbocycles. The van der Waals surface area contributed by atoms with Gasteiger partial charge in [-0.15, -0.1) is 25.6 Å². The molecule has 13 heteroatoms. The molecule has 2 fully saturated rings. The van der Waals surface area contributed by atoms with Crippen molar-refractivity contribution in [1.82, 2.24) is 10.2 Å². The first-order valence-corrected chi connectivity index (χ1v) is 10.3. The lowest BCUT2D eigenvalue weighted by Crippen LogP contribution is -2.53. The zero-order chi connectivity index (χ0) is 23.3. The third kappa shape index (κ3) is 7.33. The van der Waals surface area contributed by atoms with Crippen LogP contribution in [0.25, 0.3) is 0 Å². The maximum Gasteiger partial charge on any atom is 0.573 e. The highest BCUT2D eigenvalue weighted by Gasteiger charge is 2.48. The van der Waals surface area contributed by atoms with Crippen LogP contribution in [-0.4, -0.2) is 91.3 Å². The van der Waals surface area contributed by atoms with E-state index in [2.05, 4.69) is 20.3 Å². The second-order valence-corrected chi connectivity index (χ2v) is 7.77. The maximum absolute atomic E-state index is 12.3. The van der Waals surface area contributed by atoms with Crippen LogP contribution in [0.1, 0.15) is 12.8 Å². The van der Waals surface area contributed by atoms with Gasteiger partial charge >= 0.3 is 12.4 Å². The van der Waals surface area contributed by atoms with Crippen molar-refractivity contribution in [3.63, 3.8) is 0 Å². The number of anilines is 1. The number of nitrogens with one attached hydrogen (secondary N) is 2. The molecule has 2 amide bonds. The van der Waals surface area contributed by atoms with E-state index in [4.69, 9.17) is 9.47 Å². The fraction of sp³-hybridized carbons (Fsp3) is 0.650. The summed E-state index contributed by atoms with van der Waals surface area (Å²) >= 11 is 0. The summed E-state index contributed by atoms with van der Waals surface area (Å²) in [5, 5.41) is 25.4. The van der Waals surface area contributed by atoms with E-state index >= 15 is 0 Å². The highest BCUT2D eigenvalue weighted by atomic mass is 35.5. The van der Waals surface area contributed by atoms with E-state index in [1.807, 2.05) is 0 Å². The molecular weight excluding hydrogens is 471 g/mol. The minimum absolute atomic E-state index is 0. The first-order valence-electron chi connectivity index (χ1n) is 10.3. The van der Waals surface area contributed by atoms with E-state index in [1.165, 1.54) is 12.1 Å². The quantitative estimate of drug-likeness (QED) is 0.431. The number of urea groups is 1. The molecule has 0 aromatic heterocycles. The average Bonchev–Trinajstić information content (AvgIpc) is 3.30. The zero-order valence-electron chi connectivity index (χ0n) is 18.0. The Bertz CT molecular complexity index is 758. The van der Waals surface area contributed by atoms with Crippen LogP contribution >= 0.6 is 12.4 Å². The summed E-state index contributed by atoms with van der Waals surface area (Å²) in [5.74, 6) is -0.397. The Balaban J connectivity index is 0.00000385. The molecule has 0 unspecified atom stereocenters. The lowest BCUT2D eigenvalue weighted by Gasteiger charge is -2.34. The van der Waals surface area contributed by atoms with Crippen molar-refractivity contribution in [1.29, 1.82) is 0 Å². The van der Waals surface area contributed by atoms with Crippen molar-refractivity contribution in [2.75, 3.05) is 38.7 Å². The predicted molar refractivity (Wildman–Crippen MR) is 115 cm³/mol. The summed E-state index contributed by atoms with van der Waals surface area (Å²) in [6, 6.07) is 3.83. The van der Waals surface area contributed by atoms with E-state index in [9.17, 15) is 28.2 Å². The smallest absolute Gasteiger partial charge is 0.406 e. The molecule has 0 spiro atoms. The van der Waals surface area contributed by atoms with Crippen molar-refractivity contribution in [2.45, 2.75) is 49.6 Å². The number of carbonyl (C=O) groups excluding carboxylic acids is 1. The number of hydrogen-bond acceptors (Lipinski definition) is 7. The van der Waals surface area contributed by atoms with Gasteiger partial charge in [0.15, 0.2) is 0 Å². The summed E-state index contributed by atoms with van der Waals surface area (Å²) in [4.78, 5) is 14.4. The van der Waals surface area contributed by atoms with Gasteiger partial charge in [0.05, 0.1) is 25.4 Å². The van der Waals surface area contributed by atoms with E-state index in [0.717, 1.165) is 31.5 Å². The van der Waals surface area contributed by atoms with Crippen molar-refractivity contribution >= 4 is 24.1 Å². The Morgan fingerprint density at radius 1 is 1.27 bits per heavy atom. The number of likely N-dealkylation sites (tertiary alicyclic amines) is 1. The van der Waals surface area contributed by atoms with Gasteiger partial charge in [0, 0.05) is 25.4 Å². The number of alkyl halides is 3. The van der Waals surface area contributed by atoms with Gasteiger partial charge in [-0.1, -0.05) is 0 Å². The normalized spacial score (nSPS) is 27.8. The Morgan fingerprint density at radius 2 is 1.97 bits per heavy atom. The van der Waals surface area contributed by atoms with Crippen molar-refractivity contribution in [3.8, 4) is 5.75 Å². The Hall–Kier alpha value is -1.83. The number of aliphatic hydroxyl groups excluding tert-OH is 2. The van der Waals surface area contributed by atoms with Gasteiger partial charge in [-0.3, -0.25) is 4.90 Å². The fourth-order valence-corrected chi connectivity index (χ4v) is 4.29. The third-order valence-electron chi connectivity index (χ3n) is 5.62. The molecule has 1 aromatic rings. The van der Waals surface area contributed by atoms with Gasteiger partial charge in [-0.25, -0.2) is 4.79 Å². The molecule has 2 aliphatic rings. The topological polar surface area (TPSA) is 113 Å². The molecule has 2 heterocycles. The van der Waals surface area contributed by atoms with E-state index in [0.29, 0.717) is 6.61 Å².